The third-order valence-electron chi connectivity index (χ3n) is 4.45. The molecule has 1 amide bonds. The molecule has 4 rings (SSSR count). The summed E-state index contributed by atoms with van der Waals surface area (Å²) in [6.07, 6.45) is 1.75. The lowest BCUT2D eigenvalue weighted by atomic mass is 10.2. The van der Waals surface area contributed by atoms with Crippen molar-refractivity contribution < 1.29 is 17.9 Å². The van der Waals surface area contributed by atoms with Gasteiger partial charge in [-0.05, 0) is 61.4 Å². The first-order valence-electron chi connectivity index (χ1n) is 8.83. The van der Waals surface area contributed by atoms with E-state index < -0.39 is 10.0 Å². The summed E-state index contributed by atoms with van der Waals surface area (Å²) in [6.45, 7) is 0. The molecule has 0 atom stereocenters. The van der Waals surface area contributed by atoms with Crippen molar-refractivity contribution in [3.63, 3.8) is 0 Å². The van der Waals surface area contributed by atoms with Crippen molar-refractivity contribution in [1.29, 1.82) is 0 Å². The largest absolute Gasteiger partial charge is 0.497 e. The molecule has 1 heterocycles. The minimum atomic E-state index is -3.51. The Hall–Kier alpha value is -2.97. The average Bonchev–Trinajstić information content (AvgIpc) is 3.50. The number of nitrogens with one attached hydrogen (secondary N) is 2. The minimum absolute atomic E-state index is 0.0447. The van der Waals surface area contributed by atoms with Crippen LogP contribution in [0.1, 0.15) is 23.3 Å². The van der Waals surface area contributed by atoms with E-state index >= 15 is 0 Å². The van der Waals surface area contributed by atoms with Gasteiger partial charge >= 0.3 is 0 Å². The van der Waals surface area contributed by atoms with Crippen LogP contribution in [0.15, 0.2) is 59.5 Å². The number of ether oxygens (including phenoxy) is 1. The van der Waals surface area contributed by atoms with Crippen LogP contribution in [0.5, 0.6) is 5.75 Å². The molecule has 144 valence electrons. The van der Waals surface area contributed by atoms with E-state index in [4.69, 9.17) is 4.74 Å². The summed E-state index contributed by atoms with van der Waals surface area (Å²) in [7, 11) is -1.92. The average molecular weight is 397 g/mol. The van der Waals surface area contributed by atoms with Crippen LogP contribution in [-0.2, 0) is 10.0 Å². The first-order chi connectivity index (χ1) is 13.4. The third kappa shape index (κ3) is 3.97. The topological polar surface area (TPSA) is 97.4 Å². The Morgan fingerprint density at radius 3 is 2.50 bits per heavy atom. The minimum Gasteiger partial charge on any atom is -0.497 e. The van der Waals surface area contributed by atoms with Crippen molar-refractivity contribution in [2.24, 2.45) is 0 Å². The number of carbonyl (C=O) groups is 1. The molecule has 1 saturated carbocycles. The molecule has 0 bridgehead atoms. The number of sulfonamides is 1. The SMILES string of the molecule is COc1ccc2nc(C(=O)Nc3ccc(S(=O)(=O)NC4CC4)cc3)ccc2c1. The number of hydrogen-bond acceptors (Lipinski definition) is 5. The first-order valence-corrected chi connectivity index (χ1v) is 10.3. The second-order valence-electron chi connectivity index (χ2n) is 6.63. The molecule has 1 aliphatic carbocycles. The van der Waals surface area contributed by atoms with Crippen LogP contribution >= 0.6 is 0 Å². The third-order valence-corrected chi connectivity index (χ3v) is 5.99. The van der Waals surface area contributed by atoms with E-state index in [0.29, 0.717) is 11.2 Å². The Morgan fingerprint density at radius 1 is 1.07 bits per heavy atom. The lowest BCUT2D eigenvalue weighted by Gasteiger charge is -2.08. The molecule has 0 spiro atoms. The van der Waals surface area contributed by atoms with Crippen LogP contribution < -0.4 is 14.8 Å². The molecule has 0 unspecified atom stereocenters. The van der Waals surface area contributed by atoms with Crippen molar-refractivity contribution in [3.8, 4) is 5.75 Å². The molecule has 28 heavy (non-hydrogen) atoms. The smallest absolute Gasteiger partial charge is 0.274 e. The van der Waals surface area contributed by atoms with Gasteiger partial charge in [0.15, 0.2) is 0 Å². The summed E-state index contributed by atoms with van der Waals surface area (Å²) >= 11 is 0. The zero-order chi connectivity index (χ0) is 19.7. The molecule has 2 N–H and O–H groups in total. The van der Waals surface area contributed by atoms with Gasteiger partial charge in [-0.25, -0.2) is 18.1 Å². The fourth-order valence-electron chi connectivity index (χ4n) is 2.76. The van der Waals surface area contributed by atoms with Gasteiger partial charge in [-0.3, -0.25) is 4.79 Å². The molecule has 1 aliphatic rings. The van der Waals surface area contributed by atoms with Crippen molar-refractivity contribution in [3.05, 3.63) is 60.3 Å². The standard InChI is InChI=1S/C20H19N3O4S/c1-27-16-7-11-18-13(12-16)2-10-19(22-18)20(24)21-14-5-8-17(9-6-14)28(25,26)23-15-3-4-15/h2,5-12,15,23H,3-4H2,1H3,(H,21,24). The Kier molecular flexibility index (Phi) is 4.74. The van der Waals surface area contributed by atoms with Gasteiger partial charge < -0.3 is 10.1 Å². The molecule has 3 aromatic rings. The Bertz CT molecular complexity index is 1140. The number of nitrogens with zero attached hydrogens (tertiary/aromatic N) is 1. The van der Waals surface area contributed by atoms with Gasteiger partial charge in [0.05, 0.1) is 17.5 Å². The summed E-state index contributed by atoms with van der Waals surface area (Å²) in [5, 5.41) is 3.60. The van der Waals surface area contributed by atoms with Crippen molar-refractivity contribution >= 4 is 32.5 Å². The van der Waals surface area contributed by atoms with Crippen LogP contribution in [0.3, 0.4) is 0 Å². The predicted molar refractivity (Wildman–Crippen MR) is 106 cm³/mol. The highest BCUT2D eigenvalue weighted by molar-refractivity contribution is 7.89. The molecule has 2 aromatic carbocycles. The molecule has 0 saturated heterocycles. The summed E-state index contributed by atoms with van der Waals surface area (Å²) in [5.74, 6) is 0.349. The van der Waals surface area contributed by atoms with Crippen molar-refractivity contribution in [1.82, 2.24) is 9.71 Å². The molecule has 8 heteroatoms. The lowest BCUT2D eigenvalue weighted by molar-refractivity contribution is 0.102. The van der Waals surface area contributed by atoms with Crippen LogP contribution in [0.2, 0.25) is 0 Å². The van der Waals surface area contributed by atoms with Crippen molar-refractivity contribution in [2.75, 3.05) is 12.4 Å². The molecule has 1 aromatic heterocycles. The van der Waals surface area contributed by atoms with Crippen LogP contribution in [-0.4, -0.2) is 32.5 Å². The first kappa shape index (κ1) is 18.4. The fourth-order valence-corrected chi connectivity index (χ4v) is 4.06. The van der Waals surface area contributed by atoms with Gasteiger partial charge in [0, 0.05) is 17.1 Å². The fraction of sp³-hybridized carbons (Fsp3) is 0.200. The maximum atomic E-state index is 12.5. The predicted octanol–water partition coefficient (Wildman–Crippen LogP) is 2.94. The highest BCUT2D eigenvalue weighted by Gasteiger charge is 2.27. The van der Waals surface area contributed by atoms with Gasteiger partial charge in [-0.15, -0.1) is 0 Å². The number of aromatic nitrogens is 1. The number of hydrogen-bond donors (Lipinski definition) is 2. The van der Waals surface area contributed by atoms with E-state index in [1.165, 1.54) is 12.1 Å². The highest BCUT2D eigenvalue weighted by Crippen LogP contribution is 2.23. The molecule has 0 aliphatic heterocycles. The number of anilines is 1. The normalized spacial score (nSPS) is 14.0. The molecule has 1 fully saturated rings. The lowest BCUT2D eigenvalue weighted by Crippen LogP contribution is -2.25. The van der Waals surface area contributed by atoms with E-state index in [2.05, 4.69) is 15.0 Å². The highest BCUT2D eigenvalue weighted by atomic mass is 32.2. The van der Waals surface area contributed by atoms with E-state index in [0.717, 1.165) is 24.0 Å². The Balaban J connectivity index is 1.49. The van der Waals surface area contributed by atoms with Crippen LogP contribution in [0, 0.1) is 0 Å². The van der Waals surface area contributed by atoms with Gasteiger partial charge in [0.2, 0.25) is 10.0 Å². The van der Waals surface area contributed by atoms with Gasteiger partial charge in [-0.1, -0.05) is 6.07 Å². The number of rotatable bonds is 6. The van der Waals surface area contributed by atoms with E-state index in [1.54, 1.807) is 43.5 Å². The Labute approximate surface area is 162 Å². The molecular formula is C20H19N3O4S. The number of fused-ring (bicyclic) bond motifs is 1. The van der Waals surface area contributed by atoms with E-state index in [1.807, 2.05) is 6.07 Å². The van der Waals surface area contributed by atoms with Crippen molar-refractivity contribution in [2.45, 2.75) is 23.8 Å². The molecule has 7 nitrogen and oxygen atoms in total. The molecule has 0 radical (unpaired) electrons. The quantitative estimate of drug-likeness (QED) is 0.667. The van der Waals surface area contributed by atoms with Gasteiger partial charge in [0.1, 0.15) is 11.4 Å². The molecular weight excluding hydrogens is 378 g/mol. The summed E-state index contributed by atoms with van der Waals surface area (Å²) in [4.78, 5) is 17.0. The zero-order valence-electron chi connectivity index (χ0n) is 15.2. The Morgan fingerprint density at radius 2 is 1.82 bits per heavy atom. The number of methoxy groups -OCH3 is 1. The maximum absolute atomic E-state index is 12.5. The van der Waals surface area contributed by atoms with Gasteiger partial charge in [0.25, 0.3) is 5.91 Å². The summed E-state index contributed by atoms with van der Waals surface area (Å²) < 4.78 is 32.2. The number of amides is 1. The van der Waals surface area contributed by atoms with Crippen LogP contribution in [0.4, 0.5) is 5.69 Å². The summed E-state index contributed by atoms with van der Waals surface area (Å²) in [5.41, 5.74) is 1.44. The zero-order valence-corrected chi connectivity index (χ0v) is 16.0. The van der Waals surface area contributed by atoms with E-state index in [9.17, 15) is 13.2 Å². The van der Waals surface area contributed by atoms with Gasteiger partial charge in [-0.2, -0.15) is 0 Å². The number of benzene rings is 2. The number of carbonyl (C=O) groups excluding carboxylic acids is 1. The second kappa shape index (κ2) is 7.21. The summed E-state index contributed by atoms with van der Waals surface area (Å²) in [6, 6.07) is 15.0. The van der Waals surface area contributed by atoms with E-state index in [-0.39, 0.29) is 22.5 Å². The second-order valence-corrected chi connectivity index (χ2v) is 8.34. The monoisotopic (exact) mass is 397 g/mol. The number of pyridine rings is 1. The maximum Gasteiger partial charge on any atom is 0.274 e. The van der Waals surface area contributed by atoms with Crippen LogP contribution in [0.25, 0.3) is 10.9 Å².